The third kappa shape index (κ3) is 3.48. The number of nitrogens with zero attached hydrogens (tertiary/aromatic N) is 2. The molecule has 0 radical (unpaired) electrons. The monoisotopic (exact) mass is 291 g/mol. The van der Waals surface area contributed by atoms with Crippen LogP contribution >= 0.6 is 0 Å². The highest BCUT2D eigenvalue weighted by atomic mass is 19.4. The third-order valence-electron chi connectivity index (χ3n) is 2.98. The van der Waals surface area contributed by atoms with Crippen LogP contribution in [-0.2, 0) is 10.9 Å². The lowest BCUT2D eigenvalue weighted by Crippen LogP contribution is -2.41. The summed E-state index contributed by atoms with van der Waals surface area (Å²) in [5.74, 6) is 3.90. The van der Waals surface area contributed by atoms with E-state index < -0.39 is 12.0 Å². The zero-order valence-electron chi connectivity index (χ0n) is 10.9. The molecule has 2 rings (SSSR count). The van der Waals surface area contributed by atoms with Gasteiger partial charge in [0.05, 0.1) is 6.10 Å². The summed E-state index contributed by atoms with van der Waals surface area (Å²) in [4.78, 5) is 6.74. The Hall–Kier alpha value is -1.61. The van der Waals surface area contributed by atoms with E-state index in [1.54, 1.807) is 0 Å². The molecule has 1 aromatic rings. The van der Waals surface area contributed by atoms with E-state index in [-0.39, 0.29) is 23.8 Å². The Labute approximate surface area is 113 Å². The van der Waals surface area contributed by atoms with Crippen LogP contribution in [-0.4, -0.2) is 28.7 Å². The second-order valence-electron chi connectivity index (χ2n) is 4.49. The van der Waals surface area contributed by atoms with Gasteiger partial charge in [0, 0.05) is 18.7 Å². The van der Waals surface area contributed by atoms with E-state index in [2.05, 4.69) is 20.7 Å². The van der Waals surface area contributed by atoms with Crippen LogP contribution < -0.4 is 16.6 Å². The molecule has 0 saturated heterocycles. The smallest absolute Gasteiger partial charge is 0.378 e. The number of hydrogen-bond donors (Lipinski definition) is 3. The highest BCUT2D eigenvalue weighted by Crippen LogP contribution is 2.30. The Kier molecular flexibility index (Phi) is 4.29. The fourth-order valence-electron chi connectivity index (χ4n) is 1.99. The fourth-order valence-corrected chi connectivity index (χ4v) is 1.99. The number of hydrogen-bond acceptors (Lipinski definition) is 6. The average molecular weight is 291 g/mol. The Morgan fingerprint density at radius 1 is 1.35 bits per heavy atom. The van der Waals surface area contributed by atoms with Gasteiger partial charge in [-0.3, -0.25) is 0 Å². The molecular formula is C11H16F3N5O. The lowest BCUT2D eigenvalue weighted by molar-refractivity contribution is -0.144. The van der Waals surface area contributed by atoms with E-state index in [4.69, 9.17) is 10.6 Å². The maximum Gasteiger partial charge on any atom is 0.451 e. The first-order valence-corrected chi connectivity index (χ1v) is 6.23. The van der Waals surface area contributed by atoms with Gasteiger partial charge in [0.25, 0.3) is 0 Å². The minimum absolute atomic E-state index is 0.0492. The number of ether oxygens (including phenoxy) is 1. The van der Waals surface area contributed by atoms with E-state index in [9.17, 15) is 13.2 Å². The predicted octanol–water partition coefficient (Wildman–Crippen LogP) is 1.76. The normalized spacial score (nSPS) is 22.2. The molecule has 112 valence electrons. The summed E-state index contributed by atoms with van der Waals surface area (Å²) in [6, 6.07) is 1.39. The molecule has 1 aliphatic rings. The predicted molar refractivity (Wildman–Crippen MR) is 66.9 cm³/mol. The van der Waals surface area contributed by atoms with Crippen molar-refractivity contribution >= 4 is 11.6 Å². The van der Waals surface area contributed by atoms with Crippen molar-refractivity contribution in [1.82, 2.24) is 9.97 Å². The molecule has 0 amide bonds. The quantitative estimate of drug-likeness (QED) is 0.566. The van der Waals surface area contributed by atoms with Crippen molar-refractivity contribution < 1.29 is 17.9 Å². The second kappa shape index (κ2) is 5.80. The highest BCUT2D eigenvalue weighted by molar-refractivity contribution is 5.48. The lowest BCUT2D eigenvalue weighted by Gasteiger charge is -2.35. The standard InChI is InChI=1S/C11H16F3N5O/c1-2-20-7-3-6(4-7)16-8-5-9(19-15)18-10(17-8)11(12,13)14/h5-7H,2-4,15H2,1H3,(H2,16,17,18,19). The summed E-state index contributed by atoms with van der Waals surface area (Å²) in [6.45, 7) is 2.53. The van der Waals surface area contributed by atoms with Crippen LogP contribution in [0.1, 0.15) is 25.6 Å². The van der Waals surface area contributed by atoms with Gasteiger partial charge in [-0.1, -0.05) is 0 Å². The average Bonchev–Trinajstić information content (AvgIpc) is 2.35. The molecule has 0 atom stereocenters. The van der Waals surface area contributed by atoms with Gasteiger partial charge in [0.2, 0.25) is 5.82 Å². The minimum Gasteiger partial charge on any atom is -0.378 e. The van der Waals surface area contributed by atoms with Crippen molar-refractivity contribution in [2.45, 2.75) is 38.1 Å². The minimum atomic E-state index is -4.61. The Balaban J connectivity index is 2.05. The number of hydrazine groups is 1. The van der Waals surface area contributed by atoms with Crippen molar-refractivity contribution in [3.05, 3.63) is 11.9 Å². The molecule has 0 bridgehead atoms. The number of nitrogens with one attached hydrogen (secondary N) is 2. The molecule has 0 spiro atoms. The topological polar surface area (TPSA) is 85.1 Å². The fraction of sp³-hybridized carbons (Fsp3) is 0.636. The molecule has 0 unspecified atom stereocenters. The van der Waals surface area contributed by atoms with E-state index >= 15 is 0 Å². The van der Waals surface area contributed by atoms with Crippen LogP contribution in [0.3, 0.4) is 0 Å². The molecule has 1 aromatic heterocycles. The van der Waals surface area contributed by atoms with E-state index in [0.717, 1.165) is 12.8 Å². The zero-order chi connectivity index (χ0) is 14.8. The molecule has 1 fully saturated rings. The van der Waals surface area contributed by atoms with Crippen LogP contribution in [0.15, 0.2) is 6.07 Å². The van der Waals surface area contributed by atoms with Crippen LogP contribution in [0.4, 0.5) is 24.8 Å². The molecule has 0 aliphatic heterocycles. The van der Waals surface area contributed by atoms with Gasteiger partial charge >= 0.3 is 6.18 Å². The maximum atomic E-state index is 12.6. The molecule has 1 aliphatic carbocycles. The van der Waals surface area contributed by atoms with Gasteiger partial charge in [-0.2, -0.15) is 13.2 Å². The number of alkyl halides is 3. The summed E-state index contributed by atoms with van der Waals surface area (Å²) in [5.41, 5.74) is 2.10. The first-order valence-electron chi connectivity index (χ1n) is 6.23. The van der Waals surface area contributed by atoms with Crippen LogP contribution in [0.5, 0.6) is 0 Å². The van der Waals surface area contributed by atoms with E-state index in [0.29, 0.717) is 6.61 Å². The summed E-state index contributed by atoms with van der Waals surface area (Å²) < 4.78 is 43.3. The number of nitrogens with two attached hydrogens (primary N) is 1. The summed E-state index contributed by atoms with van der Waals surface area (Å²) >= 11 is 0. The number of aromatic nitrogens is 2. The third-order valence-corrected chi connectivity index (χ3v) is 2.98. The van der Waals surface area contributed by atoms with Crippen molar-refractivity contribution in [3.8, 4) is 0 Å². The van der Waals surface area contributed by atoms with Gasteiger partial charge in [-0.05, 0) is 19.8 Å². The van der Waals surface area contributed by atoms with Crippen molar-refractivity contribution in [3.63, 3.8) is 0 Å². The molecule has 20 heavy (non-hydrogen) atoms. The largest absolute Gasteiger partial charge is 0.451 e. The van der Waals surface area contributed by atoms with Crippen LogP contribution in [0.25, 0.3) is 0 Å². The van der Waals surface area contributed by atoms with Gasteiger partial charge < -0.3 is 15.5 Å². The molecule has 1 saturated carbocycles. The Morgan fingerprint density at radius 2 is 2.00 bits per heavy atom. The summed E-state index contributed by atoms with van der Waals surface area (Å²) in [5, 5.41) is 2.93. The Bertz CT molecular complexity index is 462. The molecule has 6 nitrogen and oxygen atoms in total. The highest BCUT2D eigenvalue weighted by Gasteiger charge is 2.36. The number of nitrogen functional groups attached to an aromatic ring is 1. The number of anilines is 2. The summed E-state index contributed by atoms with van der Waals surface area (Å²) in [7, 11) is 0. The first-order chi connectivity index (χ1) is 9.42. The maximum absolute atomic E-state index is 12.6. The van der Waals surface area contributed by atoms with Gasteiger partial charge in [0.15, 0.2) is 0 Å². The SMILES string of the molecule is CCOC1CC(Nc2cc(NN)nc(C(F)(F)F)n2)C1. The van der Waals surface area contributed by atoms with Crippen molar-refractivity contribution in [2.24, 2.45) is 5.84 Å². The second-order valence-corrected chi connectivity index (χ2v) is 4.49. The van der Waals surface area contributed by atoms with Crippen molar-refractivity contribution in [2.75, 3.05) is 17.3 Å². The van der Waals surface area contributed by atoms with E-state index in [1.807, 2.05) is 6.92 Å². The molecule has 9 heteroatoms. The lowest BCUT2D eigenvalue weighted by atomic mass is 9.89. The zero-order valence-corrected chi connectivity index (χ0v) is 10.9. The number of halogens is 3. The molecule has 0 aromatic carbocycles. The summed E-state index contributed by atoms with van der Waals surface area (Å²) in [6.07, 6.45) is -2.97. The van der Waals surface area contributed by atoms with Gasteiger partial charge in [-0.25, -0.2) is 15.8 Å². The van der Waals surface area contributed by atoms with E-state index in [1.165, 1.54) is 6.07 Å². The molecular weight excluding hydrogens is 275 g/mol. The van der Waals surface area contributed by atoms with Crippen LogP contribution in [0.2, 0.25) is 0 Å². The molecule has 1 heterocycles. The van der Waals surface area contributed by atoms with Crippen LogP contribution in [0, 0.1) is 0 Å². The first kappa shape index (κ1) is 14.8. The molecule has 4 N–H and O–H groups in total. The number of rotatable bonds is 5. The van der Waals surface area contributed by atoms with Crippen molar-refractivity contribution in [1.29, 1.82) is 0 Å². The van der Waals surface area contributed by atoms with Gasteiger partial charge in [-0.15, -0.1) is 0 Å². The Morgan fingerprint density at radius 3 is 2.55 bits per heavy atom. The van der Waals surface area contributed by atoms with Gasteiger partial charge in [0.1, 0.15) is 11.6 Å².